The summed E-state index contributed by atoms with van der Waals surface area (Å²) < 4.78 is 0.217. The average Bonchev–Trinajstić information content (AvgIpc) is 2.76. The molecule has 0 rings (SSSR count). The normalized spacial score (nSPS) is 16.1. The third-order valence-electron chi connectivity index (χ3n) is 6.64. The first-order chi connectivity index (χ1) is 16.0. The molecule has 7 nitrogen and oxygen atoms in total. The molecule has 0 saturated heterocycles. The van der Waals surface area contributed by atoms with Crippen molar-refractivity contribution in [1.82, 2.24) is 0 Å². The summed E-state index contributed by atoms with van der Waals surface area (Å²) in [7, 11) is 0. The Balaban J connectivity index is 4.78. The summed E-state index contributed by atoms with van der Waals surface area (Å²) in [4.78, 5) is 34.7. The average molecular weight is 485 g/mol. The summed E-state index contributed by atoms with van der Waals surface area (Å²) in [6, 6.07) is 0. The number of hydrogen-bond acceptors (Lipinski definition) is 3. The van der Waals surface area contributed by atoms with E-state index in [4.69, 9.17) is 0 Å². The fourth-order valence-corrected chi connectivity index (χ4v) is 4.64. The van der Waals surface area contributed by atoms with E-state index in [1.54, 1.807) is 20.8 Å². The first-order valence-electron chi connectivity index (χ1n) is 13.2. The number of rotatable bonds is 22. The van der Waals surface area contributed by atoms with Crippen LogP contribution in [0.15, 0.2) is 12.2 Å². The molecule has 0 aromatic rings. The predicted octanol–water partition coefficient (Wildman–Crippen LogP) is 5.83. The largest absolute Gasteiger partial charge is 0.481 e. The lowest BCUT2D eigenvalue weighted by Gasteiger charge is -2.42. The van der Waals surface area contributed by atoms with Crippen LogP contribution in [0.4, 0.5) is 0 Å². The van der Waals surface area contributed by atoms with E-state index < -0.39 is 35.7 Å². The van der Waals surface area contributed by atoms with Crippen LogP contribution >= 0.6 is 0 Å². The highest BCUT2D eigenvalue weighted by Gasteiger charge is 2.38. The number of carbonyl (C=O) groups is 3. The molecular weight excluding hydrogens is 434 g/mol. The molecule has 3 atom stereocenters. The molecule has 34 heavy (non-hydrogen) atoms. The van der Waals surface area contributed by atoms with Crippen molar-refractivity contribution in [3.8, 4) is 0 Å². The summed E-state index contributed by atoms with van der Waals surface area (Å²) in [5, 5.41) is 28.4. The quantitative estimate of drug-likeness (QED) is 0.101. The fraction of sp³-hybridized carbons (Fsp3) is 0.815. The third kappa shape index (κ3) is 15.1. The zero-order valence-corrected chi connectivity index (χ0v) is 22.0. The van der Waals surface area contributed by atoms with E-state index in [1.807, 2.05) is 0 Å². The van der Waals surface area contributed by atoms with Gasteiger partial charge in [0, 0.05) is 0 Å². The number of allylic oxidation sites excluding steroid dienone is 2. The van der Waals surface area contributed by atoms with Gasteiger partial charge in [-0.25, -0.2) is 0 Å². The Labute approximate surface area is 206 Å². The predicted molar refractivity (Wildman–Crippen MR) is 136 cm³/mol. The van der Waals surface area contributed by atoms with Crippen LogP contribution in [-0.4, -0.2) is 63.9 Å². The van der Waals surface area contributed by atoms with Gasteiger partial charge in [-0.2, -0.15) is 0 Å². The second kappa shape index (κ2) is 18.4. The maximum atomic E-state index is 11.6. The minimum atomic E-state index is -0.938. The van der Waals surface area contributed by atoms with Crippen molar-refractivity contribution in [2.24, 2.45) is 17.8 Å². The molecule has 0 amide bonds. The van der Waals surface area contributed by atoms with E-state index in [9.17, 15) is 29.7 Å². The fourth-order valence-electron chi connectivity index (χ4n) is 4.64. The van der Waals surface area contributed by atoms with Crippen molar-refractivity contribution >= 4 is 17.9 Å². The van der Waals surface area contributed by atoms with Crippen molar-refractivity contribution in [3.63, 3.8) is 0 Å². The lowest BCUT2D eigenvalue weighted by molar-refractivity contribution is -0.934. The summed E-state index contributed by atoms with van der Waals surface area (Å²) in [6.45, 7) is 8.40. The number of quaternary nitrogens is 1. The van der Waals surface area contributed by atoms with Crippen LogP contribution in [0.5, 0.6) is 0 Å². The molecule has 0 aromatic heterocycles. The van der Waals surface area contributed by atoms with Crippen molar-refractivity contribution < 1.29 is 34.2 Å². The molecule has 3 N–H and O–H groups in total. The van der Waals surface area contributed by atoms with E-state index in [0.29, 0.717) is 6.54 Å². The molecule has 0 aliphatic rings. The van der Waals surface area contributed by atoms with E-state index in [1.165, 1.54) is 25.7 Å². The Bertz CT molecular complexity index is 563. The van der Waals surface area contributed by atoms with Crippen molar-refractivity contribution in [3.05, 3.63) is 12.2 Å². The van der Waals surface area contributed by atoms with E-state index in [2.05, 4.69) is 19.1 Å². The van der Waals surface area contributed by atoms with Gasteiger partial charge < -0.3 is 19.8 Å². The van der Waals surface area contributed by atoms with Gasteiger partial charge in [0.2, 0.25) is 0 Å². The van der Waals surface area contributed by atoms with Gasteiger partial charge in [-0.1, -0.05) is 51.2 Å². The zero-order chi connectivity index (χ0) is 26.0. The van der Waals surface area contributed by atoms with Gasteiger partial charge in [-0.3, -0.25) is 14.4 Å². The Hall–Kier alpha value is -1.89. The molecule has 0 heterocycles. The van der Waals surface area contributed by atoms with Crippen LogP contribution in [0, 0.1) is 17.8 Å². The Morgan fingerprint density at radius 2 is 0.971 bits per heavy atom. The first-order valence-corrected chi connectivity index (χ1v) is 13.2. The minimum absolute atomic E-state index is 0.217. The molecule has 3 unspecified atom stereocenters. The number of unbranched alkanes of at least 4 members (excludes halogenated alkanes) is 9. The molecule has 0 aliphatic heterocycles. The molecular formula is C27H50NO6+. The maximum absolute atomic E-state index is 11.6. The summed E-state index contributed by atoms with van der Waals surface area (Å²) >= 11 is 0. The maximum Gasteiger partial charge on any atom is 0.311 e. The van der Waals surface area contributed by atoms with Crippen LogP contribution < -0.4 is 0 Å². The van der Waals surface area contributed by atoms with Gasteiger partial charge in [0.1, 0.15) is 17.8 Å². The van der Waals surface area contributed by atoms with Gasteiger partial charge >= 0.3 is 17.9 Å². The number of hydrogen-bond donors (Lipinski definition) is 3. The lowest BCUT2D eigenvalue weighted by atomic mass is 10.0. The summed E-state index contributed by atoms with van der Waals surface area (Å²) in [5.74, 6) is -4.83. The standard InChI is InChI=1S/C27H49NO6/c1-5-6-7-8-9-10-11-12-13-14-15-16-17-18-28(19-22(2)25(29)30,20-23(3)26(31)32)21-24(4)27(33)34/h10-11,22-24H,5-9,12-21H2,1-4H3,(H2-,29,30,31,32,33,34)/p+1/b11-10+. The number of carboxylic acid groups (broad SMARTS) is 3. The lowest BCUT2D eigenvalue weighted by Crippen LogP contribution is -2.57. The molecule has 0 aromatic carbocycles. The van der Waals surface area contributed by atoms with E-state index >= 15 is 0 Å². The van der Waals surface area contributed by atoms with Crippen LogP contribution in [-0.2, 0) is 14.4 Å². The first kappa shape index (κ1) is 32.1. The molecule has 0 radical (unpaired) electrons. The van der Waals surface area contributed by atoms with Gasteiger partial charge in [-0.05, 0) is 59.3 Å². The highest BCUT2D eigenvalue weighted by atomic mass is 16.4. The SMILES string of the molecule is CCCCCC/C=C/CCCCCCC[N+](CC(C)C(=O)O)(CC(C)C(=O)O)CC(C)C(=O)O. The van der Waals surface area contributed by atoms with Crippen molar-refractivity contribution in [1.29, 1.82) is 0 Å². The van der Waals surface area contributed by atoms with E-state index in [0.717, 1.165) is 44.9 Å². The summed E-state index contributed by atoms with van der Waals surface area (Å²) in [6.07, 6.45) is 17.1. The van der Waals surface area contributed by atoms with Gasteiger partial charge in [-0.15, -0.1) is 0 Å². The number of aliphatic carboxylic acids is 3. The molecule has 0 bridgehead atoms. The topological polar surface area (TPSA) is 112 Å². The van der Waals surface area contributed by atoms with Crippen molar-refractivity contribution in [2.75, 3.05) is 26.2 Å². The Morgan fingerprint density at radius 3 is 1.35 bits per heavy atom. The van der Waals surface area contributed by atoms with Crippen LogP contribution in [0.3, 0.4) is 0 Å². The summed E-state index contributed by atoms with van der Waals surface area (Å²) in [5.41, 5.74) is 0. The van der Waals surface area contributed by atoms with Crippen LogP contribution in [0.2, 0.25) is 0 Å². The highest BCUT2D eigenvalue weighted by Crippen LogP contribution is 2.22. The van der Waals surface area contributed by atoms with Gasteiger partial charge in [0.15, 0.2) is 0 Å². The van der Waals surface area contributed by atoms with E-state index in [-0.39, 0.29) is 24.1 Å². The third-order valence-corrected chi connectivity index (χ3v) is 6.64. The number of carboxylic acids is 3. The minimum Gasteiger partial charge on any atom is -0.481 e. The Morgan fingerprint density at radius 1 is 0.618 bits per heavy atom. The molecule has 0 spiro atoms. The van der Waals surface area contributed by atoms with Gasteiger partial charge in [0.25, 0.3) is 0 Å². The number of nitrogens with zero attached hydrogens (tertiary/aromatic N) is 1. The molecule has 198 valence electrons. The van der Waals surface area contributed by atoms with Crippen molar-refractivity contribution in [2.45, 2.75) is 98.3 Å². The van der Waals surface area contributed by atoms with Gasteiger partial charge in [0.05, 0.1) is 26.2 Å². The molecule has 7 heteroatoms. The van der Waals surface area contributed by atoms with Crippen LogP contribution in [0.1, 0.15) is 98.3 Å². The van der Waals surface area contributed by atoms with Crippen LogP contribution in [0.25, 0.3) is 0 Å². The Kier molecular flexibility index (Phi) is 17.4. The smallest absolute Gasteiger partial charge is 0.311 e. The monoisotopic (exact) mass is 484 g/mol. The molecule has 0 fully saturated rings. The second-order valence-electron chi connectivity index (χ2n) is 10.2. The highest BCUT2D eigenvalue weighted by molar-refractivity contribution is 5.70. The molecule has 0 aliphatic carbocycles. The zero-order valence-electron chi connectivity index (χ0n) is 22.0. The molecule has 0 saturated carbocycles. The second-order valence-corrected chi connectivity index (χ2v) is 10.2.